The number of nitrogens with zero attached hydrogens (tertiary/aromatic N) is 3. The minimum Gasteiger partial charge on any atom is -0.396 e. The molecule has 0 saturated heterocycles. The third-order valence-corrected chi connectivity index (χ3v) is 4.35. The first-order valence-electron chi connectivity index (χ1n) is 8.18. The molecule has 4 heteroatoms. The number of aliphatic hydroxyl groups excluding tert-OH is 1. The average molecular weight is 309 g/mol. The van der Waals surface area contributed by atoms with E-state index in [0.29, 0.717) is 0 Å². The van der Waals surface area contributed by atoms with Crippen molar-refractivity contribution in [2.45, 2.75) is 40.2 Å². The Balaban J connectivity index is 2.32. The molecule has 0 bridgehead atoms. The summed E-state index contributed by atoms with van der Waals surface area (Å²) in [7, 11) is 0. The summed E-state index contributed by atoms with van der Waals surface area (Å²) in [6.07, 6.45) is 3.28. The van der Waals surface area contributed by atoms with E-state index in [1.165, 1.54) is 22.4 Å². The minimum atomic E-state index is 0.187. The molecule has 0 saturated carbocycles. The van der Waals surface area contributed by atoms with E-state index in [4.69, 9.17) is 0 Å². The van der Waals surface area contributed by atoms with Crippen LogP contribution >= 0.6 is 0 Å². The summed E-state index contributed by atoms with van der Waals surface area (Å²) in [4.78, 5) is 8.94. The fraction of sp³-hybridized carbons (Fsp3) is 0.368. The Kier molecular flexibility index (Phi) is 4.44. The monoisotopic (exact) mass is 309 g/mol. The van der Waals surface area contributed by atoms with E-state index >= 15 is 0 Å². The molecule has 0 spiro atoms. The number of hydrogen-bond donors (Lipinski definition) is 1. The van der Waals surface area contributed by atoms with Gasteiger partial charge in [-0.2, -0.15) is 0 Å². The maximum Gasteiger partial charge on any atom is 0.144 e. The van der Waals surface area contributed by atoms with Gasteiger partial charge >= 0.3 is 0 Å². The molecule has 3 aromatic rings. The predicted molar refractivity (Wildman–Crippen MR) is 93.5 cm³/mol. The van der Waals surface area contributed by atoms with Gasteiger partial charge < -0.3 is 9.67 Å². The van der Waals surface area contributed by atoms with Gasteiger partial charge in [-0.25, -0.2) is 9.97 Å². The lowest BCUT2D eigenvalue weighted by atomic mass is 10.00. The Morgan fingerprint density at radius 3 is 2.48 bits per heavy atom. The Morgan fingerprint density at radius 1 is 1.09 bits per heavy atom. The van der Waals surface area contributed by atoms with Gasteiger partial charge in [-0.1, -0.05) is 36.8 Å². The van der Waals surface area contributed by atoms with Crippen LogP contribution < -0.4 is 0 Å². The highest BCUT2D eigenvalue weighted by Gasteiger charge is 2.20. The molecule has 0 aliphatic carbocycles. The minimum absolute atomic E-state index is 0.187. The van der Waals surface area contributed by atoms with Gasteiger partial charge in [0.1, 0.15) is 12.0 Å². The van der Waals surface area contributed by atoms with Crippen LogP contribution in [0.25, 0.3) is 22.2 Å². The maximum absolute atomic E-state index is 9.23. The zero-order valence-electron chi connectivity index (χ0n) is 14.0. The molecule has 120 valence electrons. The molecule has 4 nitrogen and oxygen atoms in total. The number of aromatic nitrogens is 3. The van der Waals surface area contributed by atoms with Gasteiger partial charge in [0.25, 0.3) is 0 Å². The number of aryl methyl sites for hydroxylation is 3. The molecule has 2 aromatic heterocycles. The van der Waals surface area contributed by atoms with Gasteiger partial charge in [0.2, 0.25) is 0 Å². The molecule has 0 aliphatic rings. The van der Waals surface area contributed by atoms with Crippen molar-refractivity contribution in [3.05, 3.63) is 47.5 Å². The lowest BCUT2D eigenvalue weighted by molar-refractivity contribution is 0.280. The van der Waals surface area contributed by atoms with Gasteiger partial charge in [0.15, 0.2) is 0 Å². The second-order valence-electron chi connectivity index (χ2n) is 5.93. The average Bonchev–Trinajstić information content (AvgIpc) is 2.88. The first kappa shape index (κ1) is 15.7. The van der Waals surface area contributed by atoms with Gasteiger partial charge in [-0.05, 0) is 32.3 Å². The summed E-state index contributed by atoms with van der Waals surface area (Å²) >= 11 is 0. The van der Waals surface area contributed by atoms with Crippen molar-refractivity contribution in [3.8, 4) is 11.1 Å². The Morgan fingerprint density at radius 2 is 1.83 bits per heavy atom. The highest BCUT2D eigenvalue weighted by Crippen LogP contribution is 2.36. The van der Waals surface area contributed by atoms with E-state index in [9.17, 15) is 5.11 Å². The first-order chi connectivity index (χ1) is 11.2. The zero-order valence-corrected chi connectivity index (χ0v) is 14.0. The largest absolute Gasteiger partial charge is 0.396 e. The van der Waals surface area contributed by atoms with Crippen LogP contribution in [0.5, 0.6) is 0 Å². The van der Waals surface area contributed by atoms with Crippen molar-refractivity contribution in [3.63, 3.8) is 0 Å². The number of benzene rings is 1. The van der Waals surface area contributed by atoms with E-state index in [-0.39, 0.29) is 6.61 Å². The normalized spacial score (nSPS) is 11.3. The topological polar surface area (TPSA) is 50.9 Å². The molecule has 1 aromatic carbocycles. The zero-order chi connectivity index (χ0) is 16.4. The van der Waals surface area contributed by atoms with Crippen molar-refractivity contribution in [2.75, 3.05) is 6.61 Å². The number of rotatable bonds is 5. The summed E-state index contributed by atoms with van der Waals surface area (Å²) in [5.41, 5.74) is 6.93. The molecule has 1 N–H and O–H groups in total. The van der Waals surface area contributed by atoms with Crippen LogP contribution in [0.4, 0.5) is 0 Å². The number of hydrogen-bond acceptors (Lipinski definition) is 3. The molecule has 23 heavy (non-hydrogen) atoms. The SMILES string of the molecule is CCc1c(-c2ccc(C)cc2)c2c(C)ncnc2n1CCCO. The molecule has 0 atom stereocenters. The third-order valence-electron chi connectivity index (χ3n) is 4.35. The lowest BCUT2D eigenvalue weighted by Gasteiger charge is -2.10. The molecule has 0 aliphatic heterocycles. The molecular formula is C19H23N3O. The summed E-state index contributed by atoms with van der Waals surface area (Å²) in [5.74, 6) is 0. The fourth-order valence-corrected chi connectivity index (χ4v) is 3.23. The van der Waals surface area contributed by atoms with Crippen LogP contribution in [0, 0.1) is 13.8 Å². The second-order valence-corrected chi connectivity index (χ2v) is 5.93. The highest BCUT2D eigenvalue weighted by atomic mass is 16.3. The van der Waals surface area contributed by atoms with E-state index < -0.39 is 0 Å². The molecule has 0 amide bonds. The summed E-state index contributed by atoms with van der Waals surface area (Å²) in [6, 6.07) is 8.63. The van der Waals surface area contributed by atoms with Crippen LogP contribution in [0.2, 0.25) is 0 Å². The molecular weight excluding hydrogens is 286 g/mol. The second kappa shape index (κ2) is 6.50. The predicted octanol–water partition coefficient (Wildman–Crippen LogP) is 3.66. The van der Waals surface area contributed by atoms with Crippen LogP contribution in [0.1, 0.15) is 30.3 Å². The third kappa shape index (κ3) is 2.75. The summed E-state index contributed by atoms with van der Waals surface area (Å²) in [6.45, 7) is 7.27. The standard InChI is InChI=1S/C19H23N3O/c1-4-16-18(15-8-6-13(2)7-9-15)17-14(3)20-12-21-19(17)22(16)10-5-11-23/h6-9,12,23H,4-5,10-11H2,1-3H3. The van der Waals surface area contributed by atoms with E-state index in [1.54, 1.807) is 6.33 Å². The van der Waals surface area contributed by atoms with Crippen LogP contribution in [-0.4, -0.2) is 26.2 Å². The number of aliphatic hydroxyl groups is 1. The summed E-state index contributed by atoms with van der Waals surface area (Å²) in [5, 5.41) is 10.4. The van der Waals surface area contributed by atoms with Gasteiger partial charge in [0.05, 0.1) is 5.69 Å². The quantitative estimate of drug-likeness (QED) is 0.782. The van der Waals surface area contributed by atoms with Crippen LogP contribution in [-0.2, 0) is 13.0 Å². The van der Waals surface area contributed by atoms with Gasteiger partial charge in [-0.15, -0.1) is 0 Å². The molecule has 0 fully saturated rings. The molecule has 0 radical (unpaired) electrons. The van der Waals surface area contributed by atoms with Gasteiger partial charge in [-0.3, -0.25) is 0 Å². The smallest absolute Gasteiger partial charge is 0.144 e. The molecule has 2 heterocycles. The van der Waals surface area contributed by atoms with Crippen LogP contribution in [0.15, 0.2) is 30.6 Å². The fourth-order valence-electron chi connectivity index (χ4n) is 3.23. The van der Waals surface area contributed by atoms with Crippen LogP contribution in [0.3, 0.4) is 0 Å². The van der Waals surface area contributed by atoms with E-state index in [1.807, 2.05) is 6.92 Å². The Bertz CT molecular complexity index is 819. The van der Waals surface area contributed by atoms with E-state index in [0.717, 1.165) is 36.1 Å². The molecule has 0 unspecified atom stereocenters. The summed E-state index contributed by atoms with van der Waals surface area (Å²) < 4.78 is 2.25. The molecule has 3 rings (SSSR count). The highest BCUT2D eigenvalue weighted by molar-refractivity contribution is 5.97. The number of fused-ring (bicyclic) bond motifs is 1. The van der Waals surface area contributed by atoms with Gasteiger partial charge in [0, 0.05) is 29.8 Å². The maximum atomic E-state index is 9.23. The van der Waals surface area contributed by atoms with E-state index in [2.05, 4.69) is 52.6 Å². The van der Waals surface area contributed by atoms with Crippen molar-refractivity contribution in [1.82, 2.24) is 14.5 Å². The van der Waals surface area contributed by atoms with Crippen molar-refractivity contribution >= 4 is 11.0 Å². The first-order valence-corrected chi connectivity index (χ1v) is 8.18. The van der Waals surface area contributed by atoms with Crippen molar-refractivity contribution in [2.24, 2.45) is 0 Å². The van der Waals surface area contributed by atoms with Crippen molar-refractivity contribution in [1.29, 1.82) is 0 Å². The Labute approximate surface area is 136 Å². The van der Waals surface area contributed by atoms with Crippen molar-refractivity contribution < 1.29 is 5.11 Å². The lowest BCUT2D eigenvalue weighted by Crippen LogP contribution is -2.05. The Hall–Kier alpha value is -2.20.